The van der Waals surface area contributed by atoms with Gasteiger partial charge in [-0.05, 0) is 62.2 Å². The highest BCUT2D eigenvalue weighted by molar-refractivity contribution is 7.91. The van der Waals surface area contributed by atoms with Gasteiger partial charge in [0, 0.05) is 46.8 Å². The Morgan fingerprint density at radius 1 is 1.18 bits per heavy atom. The maximum absolute atomic E-state index is 13.8. The fourth-order valence-corrected chi connectivity index (χ4v) is 8.43. The highest BCUT2D eigenvalue weighted by Crippen LogP contribution is 2.34. The van der Waals surface area contributed by atoms with Gasteiger partial charge in [0.05, 0.1) is 18.1 Å². The van der Waals surface area contributed by atoms with Crippen LogP contribution in [0.3, 0.4) is 0 Å². The van der Waals surface area contributed by atoms with Crippen LogP contribution in [-0.2, 0) is 21.4 Å². The van der Waals surface area contributed by atoms with Gasteiger partial charge in [-0.15, -0.1) is 11.3 Å². The molecule has 2 aromatic heterocycles. The number of amides is 1. The number of nitrogens with two attached hydrogens (primary N) is 2. The average molecular weight is 602 g/mol. The highest BCUT2D eigenvalue weighted by atomic mass is 35.5. The normalized spacial score (nSPS) is 17.4. The second kappa shape index (κ2) is 10.8. The topological polar surface area (TPSA) is 139 Å². The smallest absolute Gasteiger partial charge is 0.253 e. The lowest BCUT2D eigenvalue weighted by Crippen LogP contribution is -2.60. The molecule has 1 fully saturated rings. The molecule has 4 N–H and O–H groups in total. The van der Waals surface area contributed by atoms with Crippen LogP contribution < -0.4 is 11.5 Å². The van der Waals surface area contributed by atoms with Crippen LogP contribution in [-0.4, -0.2) is 83.2 Å². The molecule has 3 heterocycles. The molecule has 212 valence electrons. The highest BCUT2D eigenvalue weighted by Gasteiger charge is 2.40. The summed E-state index contributed by atoms with van der Waals surface area (Å²) in [6.07, 6.45) is 1.41. The lowest BCUT2D eigenvalue weighted by Gasteiger charge is -2.42. The minimum absolute atomic E-state index is 0.154. The van der Waals surface area contributed by atoms with Crippen LogP contribution >= 0.6 is 22.9 Å². The quantitative estimate of drug-likeness (QED) is 0.314. The number of carbonyl (C=O) groups excluding carboxylic acids is 1. The van der Waals surface area contributed by atoms with E-state index in [9.17, 15) is 13.2 Å². The van der Waals surface area contributed by atoms with Gasteiger partial charge in [0.1, 0.15) is 16.4 Å². The third kappa shape index (κ3) is 6.07. The molecule has 0 saturated carbocycles. The minimum atomic E-state index is -3.92. The predicted octanol–water partition coefficient (Wildman–Crippen LogP) is 3.15. The maximum Gasteiger partial charge on any atom is 0.253 e. The summed E-state index contributed by atoms with van der Waals surface area (Å²) in [6.45, 7) is 5.09. The van der Waals surface area contributed by atoms with E-state index in [1.807, 2.05) is 44.0 Å². The van der Waals surface area contributed by atoms with Crippen molar-refractivity contribution in [2.45, 2.75) is 36.2 Å². The number of anilines is 1. The van der Waals surface area contributed by atoms with Crippen LogP contribution in [0.15, 0.2) is 53.0 Å². The van der Waals surface area contributed by atoms with Crippen molar-refractivity contribution in [1.82, 2.24) is 24.1 Å². The summed E-state index contributed by atoms with van der Waals surface area (Å²) < 4.78 is 29.8. The number of piperazine rings is 1. The number of sulfonamides is 1. The first-order chi connectivity index (χ1) is 18.8. The summed E-state index contributed by atoms with van der Waals surface area (Å²) in [4.78, 5) is 25.8. The SMILES string of the molecule is CN(C[C@H]1CN(S(=O)(=O)c2cc3ccc(Cl)cc3s2)CC(=O)N1Cc1ccc2c(N)ncnc2c1)CC(C)(C)N. The third-order valence-corrected chi connectivity index (χ3v) is 10.4. The summed E-state index contributed by atoms with van der Waals surface area (Å²) in [5.41, 5.74) is 13.3. The number of hydrogen-bond acceptors (Lipinski definition) is 9. The Bertz CT molecular complexity index is 1690. The van der Waals surface area contributed by atoms with Gasteiger partial charge < -0.3 is 21.3 Å². The molecule has 1 amide bonds. The Kier molecular flexibility index (Phi) is 7.77. The number of rotatable bonds is 8. The van der Waals surface area contributed by atoms with E-state index in [0.29, 0.717) is 36.0 Å². The number of benzene rings is 2. The molecule has 1 aliphatic rings. The van der Waals surface area contributed by atoms with Gasteiger partial charge in [-0.25, -0.2) is 18.4 Å². The molecule has 0 bridgehead atoms. The molecule has 4 aromatic rings. The summed E-state index contributed by atoms with van der Waals surface area (Å²) in [5.74, 6) is 0.116. The van der Waals surface area contributed by atoms with Crippen molar-refractivity contribution in [2.75, 3.05) is 39.0 Å². The van der Waals surface area contributed by atoms with Crippen LogP contribution in [0.5, 0.6) is 0 Å². The van der Waals surface area contributed by atoms with Crippen LogP contribution in [0.1, 0.15) is 19.4 Å². The lowest BCUT2D eigenvalue weighted by atomic mass is 10.1. The Hall–Kier alpha value is -2.87. The number of halogens is 1. The van der Waals surface area contributed by atoms with E-state index in [1.165, 1.54) is 10.6 Å². The molecule has 1 atom stereocenters. The Morgan fingerprint density at radius 2 is 1.95 bits per heavy atom. The number of aromatic nitrogens is 2. The van der Waals surface area contributed by atoms with Crippen LogP contribution in [0.4, 0.5) is 5.82 Å². The van der Waals surface area contributed by atoms with Gasteiger partial charge in [-0.1, -0.05) is 23.7 Å². The zero-order chi connectivity index (χ0) is 28.8. The molecule has 0 unspecified atom stereocenters. The second-order valence-electron chi connectivity index (χ2n) is 11.0. The zero-order valence-electron chi connectivity index (χ0n) is 22.5. The van der Waals surface area contributed by atoms with Crippen molar-refractivity contribution < 1.29 is 13.2 Å². The number of hydrogen-bond donors (Lipinski definition) is 2. The molecule has 0 spiro atoms. The van der Waals surface area contributed by atoms with Crippen molar-refractivity contribution in [3.8, 4) is 0 Å². The number of likely N-dealkylation sites (N-methyl/N-ethyl adjacent to an activating group) is 1. The van der Waals surface area contributed by atoms with Crippen molar-refractivity contribution >= 4 is 65.7 Å². The first kappa shape index (κ1) is 28.7. The predicted molar refractivity (Wildman–Crippen MR) is 160 cm³/mol. The van der Waals surface area contributed by atoms with Gasteiger partial charge >= 0.3 is 0 Å². The number of fused-ring (bicyclic) bond motifs is 2. The van der Waals surface area contributed by atoms with E-state index < -0.39 is 21.6 Å². The molecule has 0 radical (unpaired) electrons. The Balaban J connectivity index is 1.44. The summed E-state index contributed by atoms with van der Waals surface area (Å²) in [7, 11) is -1.99. The second-order valence-corrected chi connectivity index (χ2v) is 14.7. The zero-order valence-corrected chi connectivity index (χ0v) is 24.9. The summed E-state index contributed by atoms with van der Waals surface area (Å²) in [5, 5.41) is 2.07. The molecule has 40 heavy (non-hydrogen) atoms. The molecule has 10 nitrogen and oxygen atoms in total. The minimum Gasteiger partial charge on any atom is -0.383 e. The van der Waals surface area contributed by atoms with Crippen LogP contribution in [0.25, 0.3) is 21.0 Å². The molecular formula is C27H32ClN7O3S2. The largest absolute Gasteiger partial charge is 0.383 e. The molecule has 2 aromatic carbocycles. The number of nitrogens with zero attached hydrogens (tertiary/aromatic N) is 5. The van der Waals surface area contributed by atoms with Gasteiger partial charge in [0.25, 0.3) is 10.0 Å². The molecule has 1 aliphatic heterocycles. The molecule has 5 rings (SSSR count). The monoisotopic (exact) mass is 601 g/mol. The van der Waals surface area contributed by atoms with Crippen LogP contribution in [0.2, 0.25) is 5.02 Å². The first-order valence-electron chi connectivity index (χ1n) is 12.8. The van der Waals surface area contributed by atoms with Crippen molar-refractivity contribution in [3.63, 3.8) is 0 Å². The summed E-state index contributed by atoms with van der Waals surface area (Å²) in [6, 6.07) is 12.1. The van der Waals surface area contributed by atoms with Crippen molar-refractivity contribution in [2.24, 2.45) is 5.73 Å². The maximum atomic E-state index is 13.8. The van der Waals surface area contributed by atoms with Gasteiger partial charge in [0.15, 0.2) is 0 Å². The fraction of sp³-hybridized carbons (Fsp3) is 0.370. The van der Waals surface area contributed by atoms with Gasteiger partial charge in [-0.2, -0.15) is 4.31 Å². The van der Waals surface area contributed by atoms with E-state index in [-0.39, 0.29) is 23.2 Å². The number of carbonyl (C=O) groups is 1. The standard InChI is InChI=1S/C27H32ClN7O3S2/c1-27(2,30)15-33(3)12-20-13-34(40(37,38)25-9-18-5-6-19(28)10-23(18)39-25)14-24(36)35(20)11-17-4-7-21-22(8-17)31-16-32-26(21)29/h4-10,16,20H,11-15,30H2,1-3H3,(H2,29,31,32)/t20-/m0/s1. The average Bonchev–Trinajstić information content (AvgIpc) is 3.29. The molecule has 0 aliphatic carbocycles. The first-order valence-corrected chi connectivity index (χ1v) is 15.4. The van der Waals surface area contributed by atoms with Gasteiger partial charge in [0.2, 0.25) is 5.91 Å². The van der Waals surface area contributed by atoms with E-state index in [0.717, 1.165) is 32.4 Å². The number of thiophene rings is 1. The fourth-order valence-electron chi connectivity index (χ4n) is 5.17. The van der Waals surface area contributed by atoms with Crippen molar-refractivity contribution in [3.05, 3.63) is 59.4 Å². The van der Waals surface area contributed by atoms with E-state index >= 15 is 0 Å². The molecule has 13 heteroatoms. The van der Waals surface area contributed by atoms with Crippen molar-refractivity contribution in [1.29, 1.82) is 0 Å². The number of nitrogen functional groups attached to an aromatic ring is 1. The third-order valence-electron chi connectivity index (χ3n) is 6.83. The lowest BCUT2D eigenvalue weighted by molar-refractivity contribution is -0.138. The molecular weight excluding hydrogens is 570 g/mol. The Morgan fingerprint density at radius 3 is 2.70 bits per heavy atom. The van der Waals surface area contributed by atoms with E-state index in [2.05, 4.69) is 9.97 Å². The molecule has 1 saturated heterocycles. The van der Waals surface area contributed by atoms with E-state index in [1.54, 1.807) is 29.2 Å². The summed E-state index contributed by atoms with van der Waals surface area (Å²) >= 11 is 7.27. The van der Waals surface area contributed by atoms with Crippen LogP contribution in [0, 0.1) is 0 Å². The van der Waals surface area contributed by atoms with E-state index in [4.69, 9.17) is 23.1 Å². The van der Waals surface area contributed by atoms with Gasteiger partial charge in [-0.3, -0.25) is 4.79 Å². The Labute approximate surface area is 242 Å².